The molecule has 0 saturated carbocycles. The molecule has 8 heteroatoms. The van der Waals surface area contributed by atoms with E-state index < -0.39 is 10.7 Å². The number of nitriles is 1. The molecular weight excluding hydrogens is 267 g/mol. The summed E-state index contributed by atoms with van der Waals surface area (Å²) in [6.07, 6.45) is 0. The average molecular weight is 274 g/mol. The molecule has 0 radical (unpaired) electrons. The number of rotatable bonds is 3. The van der Waals surface area contributed by atoms with Crippen LogP contribution in [-0.4, -0.2) is 9.91 Å². The molecule has 2 rings (SSSR count). The Bertz CT molecular complexity index is 727. The summed E-state index contributed by atoms with van der Waals surface area (Å²) >= 11 is 0. The maximum atomic E-state index is 13.4. The number of hydrogen-bond acceptors (Lipinski definition) is 6. The van der Waals surface area contributed by atoms with E-state index in [1.165, 1.54) is 12.1 Å². The number of benzene rings is 1. The zero-order valence-electron chi connectivity index (χ0n) is 9.91. The number of pyridine rings is 1. The van der Waals surface area contributed by atoms with Gasteiger partial charge in [0.1, 0.15) is 29.0 Å². The lowest BCUT2D eigenvalue weighted by Crippen LogP contribution is -1.98. The Morgan fingerprint density at radius 1 is 1.45 bits per heavy atom. The minimum Gasteiger partial charge on any atom is -0.437 e. The van der Waals surface area contributed by atoms with Crippen molar-refractivity contribution in [1.29, 1.82) is 5.26 Å². The summed E-state index contributed by atoms with van der Waals surface area (Å²) in [6.45, 7) is 0. The SMILES string of the molecule is N#Cc1c(F)cccc1Oc1cc([N+](=O)[O-])cc(N)n1. The number of nitrogens with two attached hydrogens (primary N) is 1. The molecule has 1 aromatic carbocycles. The van der Waals surface area contributed by atoms with Crippen molar-refractivity contribution in [1.82, 2.24) is 4.98 Å². The fourth-order valence-corrected chi connectivity index (χ4v) is 1.48. The Labute approximate surface area is 112 Å². The fraction of sp³-hybridized carbons (Fsp3) is 0. The molecule has 0 saturated heterocycles. The van der Waals surface area contributed by atoms with E-state index in [0.29, 0.717) is 0 Å². The second-order valence-electron chi connectivity index (χ2n) is 3.67. The van der Waals surface area contributed by atoms with Crippen molar-refractivity contribution in [3.8, 4) is 17.7 Å². The molecule has 0 atom stereocenters. The van der Waals surface area contributed by atoms with Gasteiger partial charge in [-0.25, -0.2) is 4.39 Å². The summed E-state index contributed by atoms with van der Waals surface area (Å²) in [5, 5.41) is 19.5. The number of nitrogens with zero attached hydrogens (tertiary/aromatic N) is 3. The van der Waals surface area contributed by atoms with Gasteiger partial charge in [0, 0.05) is 0 Å². The maximum Gasteiger partial charge on any atom is 0.278 e. The molecule has 0 unspecified atom stereocenters. The van der Waals surface area contributed by atoms with Crippen LogP contribution in [-0.2, 0) is 0 Å². The van der Waals surface area contributed by atoms with Crippen LogP contribution in [0.4, 0.5) is 15.9 Å². The van der Waals surface area contributed by atoms with Crippen LogP contribution in [0.5, 0.6) is 11.6 Å². The molecule has 2 aromatic rings. The number of aromatic nitrogens is 1. The first-order valence-corrected chi connectivity index (χ1v) is 5.29. The lowest BCUT2D eigenvalue weighted by Gasteiger charge is -2.07. The van der Waals surface area contributed by atoms with Crippen LogP contribution in [0, 0.1) is 27.3 Å². The van der Waals surface area contributed by atoms with E-state index in [1.54, 1.807) is 6.07 Å². The van der Waals surface area contributed by atoms with Crippen molar-refractivity contribution in [2.45, 2.75) is 0 Å². The lowest BCUT2D eigenvalue weighted by molar-refractivity contribution is -0.384. The standard InChI is InChI=1S/C12H7FN4O3/c13-9-2-1-3-10(8(9)6-14)20-12-5-7(17(18)19)4-11(15)16-12/h1-5H,(H2,15,16). The maximum absolute atomic E-state index is 13.4. The molecule has 0 aliphatic heterocycles. The lowest BCUT2D eigenvalue weighted by atomic mass is 10.2. The molecule has 1 heterocycles. The molecule has 0 fully saturated rings. The largest absolute Gasteiger partial charge is 0.437 e. The Morgan fingerprint density at radius 2 is 2.20 bits per heavy atom. The van der Waals surface area contributed by atoms with E-state index in [0.717, 1.165) is 18.2 Å². The molecule has 1 aromatic heterocycles. The summed E-state index contributed by atoms with van der Waals surface area (Å²) in [5.74, 6) is -1.17. The summed E-state index contributed by atoms with van der Waals surface area (Å²) in [4.78, 5) is 13.8. The summed E-state index contributed by atoms with van der Waals surface area (Å²) in [7, 11) is 0. The second-order valence-corrected chi connectivity index (χ2v) is 3.67. The van der Waals surface area contributed by atoms with Crippen LogP contribution in [0.25, 0.3) is 0 Å². The molecule has 20 heavy (non-hydrogen) atoms. The molecule has 7 nitrogen and oxygen atoms in total. The van der Waals surface area contributed by atoms with Gasteiger partial charge >= 0.3 is 0 Å². The van der Waals surface area contributed by atoms with Gasteiger partial charge in [-0.3, -0.25) is 10.1 Å². The van der Waals surface area contributed by atoms with Gasteiger partial charge in [0.15, 0.2) is 0 Å². The number of ether oxygens (including phenoxy) is 1. The van der Waals surface area contributed by atoms with Gasteiger partial charge in [0.25, 0.3) is 5.69 Å². The van der Waals surface area contributed by atoms with Crippen molar-refractivity contribution in [2.75, 3.05) is 5.73 Å². The van der Waals surface area contributed by atoms with E-state index in [-0.39, 0.29) is 28.7 Å². The Morgan fingerprint density at radius 3 is 2.85 bits per heavy atom. The third kappa shape index (κ3) is 2.62. The molecule has 100 valence electrons. The number of nitrogen functional groups attached to an aromatic ring is 1. The van der Waals surface area contributed by atoms with Crippen LogP contribution < -0.4 is 10.5 Å². The smallest absolute Gasteiger partial charge is 0.278 e. The third-order valence-electron chi connectivity index (χ3n) is 2.32. The number of hydrogen-bond donors (Lipinski definition) is 1. The third-order valence-corrected chi connectivity index (χ3v) is 2.32. The van der Waals surface area contributed by atoms with E-state index in [9.17, 15) is 14.5 Å². The fourth-order valence-electron chi connectivity index (χ4n) is 1.48. The molecule has 0 spiro atoms. The normalized spacial score (nSPS) is 9.80. The minimum atomic E-state index is -0.761. The predicted molar refractivity (Wildman–Crippen MR) is 66.5 cm³/mol. The Kier molecular flexibility index (Phi) is 3.43. The number of nitro groups is 1. The molecule has 0 aliphatic rings. The highest BCUT2D eigenvalue weighted by atomic mass is 19.1. The highest BCUT2D eigenvalue weighted by molar-refractivity contribution is 5.49. The zero-order valence-corrected chi connectivity index (χ0v) is 9.91. The molecule has 0 amide bonds. The van der Waals surface area contributed by atoms with E-state index >= 15 is 0 Å². The van der Waals surface area contributed by atoms with Crippen molar-refractivity contribution in [2.24, 2.45) is 0 Å². The highest BCUT2D eigenvalue weighted by Crippen LogP contribution is 2.28. The molecule has 2 N–H and O–H groups in total. The van der Waals surface area contributed by atoms with Crippen LogP contribution in [0.1, 0.15) is 5.56 Å². The summed E-state index contributed by atoms with van der Waals surface area (Å²) in [6, 6.07) is 7.52. The molecular formula is C12H7FN4O3. The van der Waals surface area contributed by atoms with Gasteiger partial charge in [-0.05, 0) is 12.1 Å². The van der Waals surface area contributed by atoms with Crippen molar-refractivity contribution in [3.63, 3.8) is 0 Å². The predicted octanol–water partition coefficient (Wildman–Crippen LogP) is 2.38. The Balaban J connectivity index is 2.43. The van der Waals surface area contributed by atoms with Crippen molar-refractivity contribution < 1.29 is 14.1 Å². The summed E-state index contributed by atoms with van der Waals surface area (Å²) in [5.41, 5.74) is 4.78. The van der Waals surface area contributed by atoms with Crippen LogP contribution >= 0.6 is 0 Å². The second kappa shape index (κ2) is 5.19. The highest BCUT2D eigenvalue weighted by Gasteiger charge is 2.14. The number of anilines is 1. The topological polar surface area (TPSA) is 115 Å². The van der Waals surface area contributed by atoms with E-state index in [4.69, 9.17) is 15.7 Å². The van der Waals surface area contributed by atoms with Gasteiger partial charge in [-0.15, -0.1) is 0 Å². The van der Waals surface area contributed by atoms with Crippen molar-refractivity contribution >= 4 is 11.5 Å². The first-order valence-electron chi connectivity index (χ1n) is 5.29. The average Bonchev–Trinajstić information content (AvgIpc) is 2.38. The number of halogens is 1. The van der Waals surface area contributed by atoms with Gasteiger partial charge < -0.3 is 10.5 Å². The van der Waals surface area contributed by atoms with Crippen LogP contribution in [0.15, 0.2) is 30.3 Å². The molecule has 0 aliphatic carbocycles. The van der Waals surface area contributed by atoms with Gasteiger partial charge in [-0.2, -0.15) is 10.2 Å². The first-order chi connectivity index (χ1) is 9.51. The van der Waals surface area contributed by atoms with Crippen LogP contribution in [0.2, 0.25) is 0 Å². The molecule has 0 bridgehead atoms. The quantitative estimate of drug-likeness (QED) is 0.678. The first kappa shape index (κ1) is 13.2. The van der Waals surface area contributed by atoms with E-state index in [1.807, 2.05) is 0 Å². The van der Waals surface area contributed by atoms with Gasteiger partial charge in [0.05, 0.1) is 17.1 Å². The van der Waals surface area contributed by atoms with E-state index in [2.05, 4.69) is 4.98 Å². The van der Waals surface area contributed by atoms with Crippen LogP contribution in [0.3, 0.4) is 0 Å². The van der Waals surface area contributed by atoms with Gasteiger partial charge in [0.2, 0.25) is 5.88 Å². The van der Waals surface area contributed by atoms with Crippen molar-refractivity contribution in [3.05, 3.63) is 51.8 Å². The minimum absolute atomic E-state index is 0.0973. The summed E-state index contributed by atoms with van der Waals surface area (Å²) < 4.78 is 18.6. The van der Waals surface area contributed by atoms with Gasteiger partial charge in [-0.1, -0.05) is 6.07 Å². The Hall–Kier alpha value is -3.21. The monoisotopic (exact) mass is 274 g/mol. The zero-order chi connectivity index (χ0) is 14.7.